The van der Waals surface area contributed by atoms with Gasteiger partial charge < -0.3 is 5.32 Å². The van der Waals surface area contributed by atoms with Crippen molar-refractivity contribution in [3.63, 3.8) is 0 Å². The Morgan fingerprint density at radius 1 is 1.05 bits per heavy atom. The first-order chi connectivity index (χ1) is 9.06. The minimum Gasteiger partial charge on any atom is -0.322 e. The largest absolute Gasteiger partial charge is 0.322 e. The van der Waals surface area contributed by atoms with E-state index < -0.39 is 4.92 Å². The highest BCUT2D eigenvalue weighted by atomic mass is 127. The van der Waals surface area contributed by atoms with E-state index in [1.165, 1.54) is 24.3 Å². The van der Waals surface area contributed by atoms with Gasteiger partial charge in [0, 0.05) is 27.0 Å². The highest BCUT2D eigenvalue weighted by Crippen LogP contribution is 2.15. The van der Waals surface area contributed by atoms with Gasteiger partial charge in [-0.15, -0.1) is 0 Å². The number of halogens is 1. The summed E-state index contributed by atoms with van der Waals surface area (Å²) < 4.78 is 1.07. The standard InChI is InChI=1S/C13H9IN2O3/c14-10-3-5-11(6-4-10)15-13(17)9-1-7-12(8-2-9)16(18)19/h1-8H,(H,15,17). The quantitative estimate of drug-likeness (QED) is 0.513. The van der Waals surface area contributed by atoms with Crippen molar-refractivity contribution in [2.24, 2.45) is 0 Å². The van der Waals surface area contributed by atoms with Crippen molar-refractivity contribution in [1.82, 2.24) is 0 Å². The summed E-state index contributed by atoms with van der Waals surface area (Å²) in [5, 5.41) is 13.2. The van der Waals surface area contributed by atoms with Gasteiger partial charge in [0.05, 0.1) is 4.92 Å². The summed E-state index contributed by atoms with van der Waals surface area (Å²) in [6, 6.07) is 12.8. The smallest absolute Gasteiger partial charge is 0.269 e. The van der Waals surface area contributed by atoms with E-state index in [1.807, 2.05) is 12.1 Å². The van der Waals surface area contributed by atoms with E-state index in [2.05, 4.69) is 27.9 Å². The van der Waals surface area contributed by atoms with E-state index in [1.54, 1.807) is 12.1 Å². The van der Waals surface area contributed by atoms with Crippen LogP contribution in [0.1, 0.15) is 10.4 Å². The van der Waals surface area contributed by atoms with E-state index >= 15 is 0 Å². The Labute approximate surface area is 122 Å². The Bertz CT molecular complexity index is 609. The molecule has 0 fully saturated rings. The monoisotopic (exact) mass is 368 g/mol. The lowest BCUT2D eigenvalue weighted by molar-refractivity contribution is -0.384. The molecule has 0 atom stereocenters. The van der Waals surface area contributed by atoms with Crippen LogP contribution in [0.5, 0.6) is 0 Å². The molecule has 0 radical (unpaired) electrons. The average Bonchev–Trinajstić information content (AvgIpc) is 2.41. The van der Waals surface area contributed by atoms with Gasteiger partial charge in [0.15, 0.2) is 0 Å². The fourth-order valence-corrected chi connectivity index (χ4v) is 1.83. The summed E-state index contributed by atoms with van der Waals surface area (Å²) in [6.45, 7) is 0. The number of hydrogen-bond acceptors (Lipinski definition) is 3. The van der Waals surface area contributed by atoms with Crippen LogP contribution in [0.2, 0.25) is 0 Å². The van der Waals surface area contributed by atoms with Crippen LogP contribution in [0.3, 0.4) is 0 Å². The van der Waals surface area contributed by atoms with Gasteiger partial charge in [-0.05, 0) is 59.0 Å². The Kier molecular flexibility index (Phi) is 4.10. The molecule has 19 heavy (non-hydrogen) atoms. The van der Waals surface area contributed by atoms with Crippen molar-refractivity contribution in [3.05, 3.63) is 67.8 Å². The molecule has 0 heterocycles. The first-order valence-electron chi connectivity index (χ1n) is 5.37. The van der Waals surface area contributed by atoms with Gasteiger partial charge in [0.25, 0.3) is 11.6 Å². The van der Waals surface area contributed by atoms with Gasteiger partial charge in [0.1, 0.15) is 0 Å². The number of non-ortho nitro benzene ring substituents is 1. The molecule has 0 aliphatic rings. The van der Waals surface area contributed by atoms with Crippen molar-refractivity contribution in [1.29, 1.82) is 0 Å². The molecule has 6 heteroatoms. The molecule has 0 aromatic heterocycles. The summed E-state index contributed by atoms with van der Waals surface area (Å²) in [5.41, 5.74) is 1.03. The number of hydrogen-bond donors (Lipinski definition) is 1. The van der Waals surface area contributed by atoms with E-state index in [-0.39, 0.29) is 11.6 Å². The number of nitrogens with zero attached hydrogens (tertiary/aromatic N) is 1. The Balaban J connectivity index is 2.11. The van der Waals surface area contributed by atoms with Crippen molar-refractivity contribution in [2.45, 2.75) is 0 Å². The Morgan fingerprint density at radius 3 is 2.16 bits per heavy atom. The molecule has 1 amide bonds. The number of amides is 1. The van der Waals surface area contributed by atoms with Crippen molar-refractivity contribution in [2.75, 3.05) is 5.32 Å². The molecule has 0 aliphatic heterocycles. The number of benzene rings is 2. The van der Waals surface area contributed by atoms with E-state index in [0.29, 0.717) is 11.3 Å². The topological polar surface area (TPSA) is 72.2 Å². The summed E-state index contributed by atoms with van der Waals surface area (Å²) in [4.78, 5) is 21.9. The second-order valence-electron chi connectivity index (χ2n) is 3.77. The molecule has 0 spiro atoms. The SMILES string of the molecule is O=C(Nc1ccc(I)cc1)c1ccc([N+](=O)[O-])cc1. The fourth-order valence-electron chi connectivity index (χ4n) is 1.47. The number of nitrogens with one attached hydrogen (secondary N) is 1. The van der Waals surface area contributed by atoms with E-state index in [4.69, 9.17) is 0 Å². The Morgan fingerprint density at radius 2 is 1.63 bits per heavy atom. The van der Waals surface area contributed by atoms with Crippen LogP contribution >= 0.6 is 22.6 Å². The van der Waals surface area contributed by atoms with Gasteiger partial charge in [-0.1, -0.05) is 0 Å². The summed E-state index contributed by atoms with van der Waals surface area (Å²) >= 11 is 2.17. The highest BCUT2D eigenvalue weighted by molar-refractivity contribution is 14.1. The zero-order valence-corrected chi connectivity index (χ0v) is 11.8. The molecular formula is C13H9IN2O3. The number of carbonyl (C=O) groups excluding carboxylic acids is 1. The zero-order chi connectivity index (χ0) is 13.8. The predicted molar refractivity (Wildman–Crippen MR) is 80.2 cm³/mol. The Hall–Kier alpha value is -1.96. The van der Waals surface area contributed by atoms with Crippen LogP contribution in [0.4, 0.5) is 11.4 Å². The molecule has 0 unspecified atom stereocenters. The van der Waals surface area contributed by atoms with Crippen LogP contribution in [-0.2, 0) is 0 Å². The molecule has 2 rings (SSSR count). The predicted octanol–water partition coefficient (Wildman–Crippen LogP) is 3.45. The number of carbonyl (C=O) groups is 1. The second kappa shape index (κ2) is 5.79. The van der Waals surface area contributed by atoms with Crippen molar-refractivity contribution in [3.8, 4) is 0 Å². The number of rotatable bonds is 3. The number of nitro benzene ring substituents is 1. The van der Waals surface area contributed by atoms with E-state index in [0.717, 1.165) is 3.57 Å². The number of anilines is 1. The zero-order valence-electron chi connectivity index (χ0n) is 9.67. The molecule has 0 saturated heterocycles. The molecule has 0 bridgehead atoms. The highest BCUT2D eigenvalue weighted by Gasteiger charge is 2.09. The molecule has 0 aliphatic carbocycles. The minimum absolute atomic E-state index is 0.0363. The van der Waals surface area contributed by atoms with Crippen LogP contribution in [0.25, 0.3) is 0 Å². The lowest BCUT2D eigenvalue weighted by Gasteiger charge is -2.05. The summed E-state index contributed by atoms with van der Waals surface area (Å²) in [6.07, 6.45) is 0. The summed E-state index contributed by atoms with van der Waals surface area (Å²) in [5.74, 6) is -0.295. The fraction of sp³-hybridized carbons (Fsp3) is 0. The molecule has 96 valence electrons. The van der Waals surface area contributed by atoms with Crippen LogP contribution in [0, 0.1) is 13.7 Å². The van der Waals surface area contributed by atoms with Gasteiger partial charge >= 0.3 is 0 Å². The second-order valence-corrected chi connectivity index (χ2v) is 5.01. The van der Waals surface area contributed by atoms with Crippen molar-refractivity contribution >= 4 is 39.9 Å². The van der Waals surface area contributed by atoms with Gasteiger partial charge in [-0.3, -0.25) is 14.9 Å². The van der Waals surface area contributed by atoms with Gasteiger partial charge in [-0.2, -0.15) is 0 Å². The third-order valence-electron chi connectivity index (χ3n) is 2.44. The van der Waals surface area contributed by atoms with Gasteiger partial charge in [0.2, 0.25) is 0 Å². The minimum atomic E-state index is -0.499. The van der Waals surface area contributed by atoms with E-state index in [9.17, 15) is 14.9 Å². The van der Waals surface area contributed by atoms with Crippen molar-refractivity contribution < 1.29 is 9.72 Å². The molecule has 0 saturated carbocycles. The third-order valence-corrected chi connectivity index (χ3v) is 3.16. The molecule has 5 nitrogen and oxygen atoms in total. The van der Waals surface area contributed by atoms with Crippen LogP contribution in [0.15, 0.2) is 48.5 Å². The number of nitro groups is 1. The van der Waals surface area contributed by atoms with Crippen LogP contribution in [-0.4, -0.2) is 10.8 Å². The molecule has 2 aromatic carbocycles. The average molecular weight is 368 g/mol. The molecule has 1 N–H and O–H groups in total. The molecule has 2 aromatic rings. The third kappa shape index (κ3) is 3.50. The van der Waals surface area contributed by atoms with Gasteiger partial charge in [-0.25, -0.2) is 0 Å². The first kappa shape index (κ1) is 13.5. The summed E-state index contributed by atoms with van der Waals surface area (Å²) in [7, 11) is 0. The lowest BCUT2D eigenvalue weighted by atomic mass is 10.2. The normalized spacial score (nSPS) is 9.95. The maximum atomic E-state index is 11.9. The lowest BCUT2D eigenvalue weighted by Crippen LogP contribution is -2.11. The van der Waals surface area contributed by atoms with Crippen LogP contribution < -0.4 is 5.32 Å². The maximum Gasteiger partial charge on any atom is 0.269 e. The first-order valence-corrected chi connectivity index (χ1v) is 6.45. The molecular weight excluding hydrogens is 359 g/mol. The maximum absolute atomic E-state index is 11.9.